The third-order valence-corrected chi connectivity index (χ3v) is 2.21. The molecule has 0 aliphatic carbocycles. The fraction of sp³-hybridized carbons (Fsp3) is 1.00. The van der Waals surface area contributed by atoms with Gasteiger partial charge in [0.1, 0.15) is 5.67 Å². The van der Waals surface area contributed by atoms with Crippen LogP contribution in [-0.2, 0) is 9.47 Å². The monoisotopic (exact) mass is 191 g/mol. The van der Waals surface area contributed by atoms with Gasteiger partial charge in [0.15, 0.2) is 0 Å². The molecule has 0 spiro atoms. The summed E-state index contributed by atoms with van der Waals surface area (Å²) in [6, 6.07) is 0. The van der Waals surface area contributed by atoms with Gasteiger partial charge in [0.25, 0.3) is 0 Å². The Morgan fingerprint density at radius 1 is 1.46 bits per heavy atom. The molecule has 3 nitrogen and oxygen atoms in total. The van der Waals surface area contributed by atoms with E-state index >= 15 is 0 Å². The largest absolute Gasteiger partial charge is 0.382 e. The number of piperidine rings is 1. The van der Waals surface area contributed by atoms with E-state index in [4.69, 9.17) is 9.47 Å². The highest BCUT2D eigenvalue weighted by molar-refractivity contribution is 4.85. The van der Waals surface area contributed by atoms with Gasteiger partial charge in [-0.3, -0.25) is 0 Å². The van der Waals surface area contributed by atoms with E-state index in [9.17, 15) is 4.39 Å². The van der Waals surface area contributed by atoms with Gasteiger partial charge in [-0.05, 0) is 19.4 Å². The average Bonchev–Trinajstić information content (AvgIpc) is 2.14. The van der Waals surface area contributed by atoms with Crippen LogP contribution >= 0.6 is 0 Å². The quantitative estimate of drug-likeness (QED) is 0.650. The molecular weight excluding hydrogens is 173 g/mol. The van der Waals surface area contributed by atoms with Crippen LogP contribution in [-0.4, -0.2) is 45.7 Å². The molecule has 78 valence electrons. The maximum Gasteiger partial charge on any atom is 0.146 e. The number of halogens is 1. The predicted molar refractivity (Wildman–Crippen MR) is 48.6 cm³/mol. The Bertz CT molecular complexity index is 138. The summed E-state index contributed by atoms with van der Waals surface area (Å²) in [6.45, 7) is 2.53. The van der Waals surface area contributed by atoms with E-state index in [1.54, 1.807) is 7.11 Å². The SMILES string of the molecule is COCCOCC1(F)CCCNC1. The molecule has 0 radical (unpaired) electrons. The summed E-state index contributed by atoms with van der Waals surface area (Å²) in [5.41, 5.74) is -1.16. The lowest BCUT2D eigenvalue weighted by Crippen LogP contribution is -2.45. The van der Waals surface area contributed by atoms with Crippen LogP contribution in [0.15, 0.2) is 0 Å². The molecule has 1 aliphatic heterocycles. The Kier molecular flexibility index (Phi) is 4.62. The molecule has 0 aromatic rings. The van der Waals surface area contributed by atoms with Gasteiger partial charge in [0.05, 0.1) is 19.8 Å². The van der Waals surface area contributed by atoms with Crippen molar-refractivity contribution in [1.29, 1.82) is 0 Å². The van der Waals surface area contributed by atoms with Crippen LogP contribution in [0.4, 0.5) is 4.39 Å². The molecule has 0 amide bonds. The van der Waals surface area contributed by atoms with Crippen LogP contribution in [0.25, 0.3) is 0 Å². The molecule has 1 aliphatic rings. The third-order valence-electron chi connectivity index (χ3n) is 2.21. The van der Waals surface area contributed by atoms with Crippen molar-refractivity contribution >= 4 is 0 Å². The fourth-order valence-electron chi connectivity index (χ4n) is 1.45. The van der Waals surface area contributed by atoms with E-state index in [1.807, 2.05) is 0 Å². The summed E-state index contributed by atoms with van der Waals surface area (Å²) < 4.78 is 23.7. The van der Waals surface area contributed by atoms with E-state index in [0.717, 1.165) is 13.0 Å². The summed E-state index contributed by atoms with van der Waals surface area (Å²) in [5.74, 6) is 0. The first-order valence-corrected chi connectivity index (χ1v) is 4.73. The highest BCUT2D eigenvalue weighted by Gasteiger charge is 2.31. The minimum absolute atomic E-state index is 0.184. The van der Waals surface area contributed by atoms with Gasteiger partial charge in [-0.2, -0.15) is 0 Å². The van der Waals surface area contributed by atoms with Crippen LogP contribution in [0.1, 0.15) is 12.8 Å². The van der Waals surface area contributed by atoms with Crippen LogP contribution < -0.4 is 5.32 Å². The minimum atomic E-state index is -1.16. The normalized spacial score (nSPS) is 29.1. The molecule has 0 aromatic carbocycles. The van der Waals surface area contributed by atoms with Crippen molar-refractivity contribution in [2.45, 2.75) is 18.5 Å². The summed E-state index contributed by atoms with van der Waals surface area (Å²) >= 11 is 0. The predicted octanol–water partition coefficient (Wildman–Crippen LogP) is 0.741. The highest BCUT2D eigenvalue weighted by atomic mass is 19.1. The summed E-state index contributed by atoms with van der Waals surface area (Å²) in [6.07, 6.45) is 1.50. The molecule has 1 rings (SSSR count). The van der Waals surface area contributed by atoms with E-state index in [-0.39, 0.29) is 6.61 Å². The number of alkyl halides is 1. The maximum atomic E-state index is 13.8. The smallest absolute Gasteiger partial charge is 0.146 e. The Hall–Kier alpha value is -0.190. The minimum Gasteiger partial charge on any atom is -0.382 e. The number of ether oxygens (including phenoxy) is 2. The number of hydrogen-bond donors (Lipinski definition) is 1. The molecule has 0 saturated carbocycles. The molecule has 0 aromatic heterocycles. The zero-order valence-corrected chi connectivity index (χ0v) is 8.14. The van der Waals surface area contributed by atoms with Gasteiger partial charge < -0.3 is 14.8 Å². The summed E-state index contributed by atoms with van der Waals surface area (Å²) in [5, 5.41) is 3.03. The number of nitrogens with one attached hydrogen (secondary N) is 1. The van der Waals surface area contributed by atoms with Gasteiger partial charge >= 0.3 is 0 Å². The van der Waals surface area contributed by atoms with E-state index in [0.29, 0.717) is 26.2 Å². The van der Waals surface area contributed by atoms with Crippen molar-refractivity contribution in [1.82, 2.24) is 5.32 Å². The molecule has 0 bridgehead atoms. The molecular formula is C9H18FNO2. The van der Waals surface area contributed by atoms with E-state index < -0.39 is 5.67 Å². The lowest BCUT2D eigenvalue weighted by atomic mass is 9.97. The lowest BCUT2D eigenvalue weighted by molar-refractivity contribution is -0.0155. The molecule has 4 heteroatoms. The Morgan fingerprint density at radius 3 is 2.92 bits per heavy atom. The average molecular weight is 191 g/mol. The Morgan fingerprint density at radius 2 is 2.31 bits per heavy atom. The van der Waals surface area contributed by atoms with Gasteiger partial charge in [-0.25, -0.2) is 4.39 Å². The molecule has 13 heavy (non-hydrogen) atoms. The molecule has 1 unspecified atom stereocenters. The standard InChI is InChI=1S/C9H18FNO2/c1-12-5-6-13-8-9(10)3-2-4-11-7-9/h11H,2-8H2,1H3. The summed E-state index contributed by atoms with van der Waals surface area (Å²) in [4.78, 5) is 0. The van der Waals surface area contributed by atoms with Crippen LogP contribution in [0.2, 0.25) is 0 Å². The van der Waals surface area contributed by atoms with Crippen molar-refractivity contribution in [3.8, 4) is 0 Å². The van der Waals surface area contributed by atoms with Crippen molar-refractivity contribution in [3.63, 3.8) is 0 Å². The lowest BCUT2D eigenvalue weighted by Gasteiger charge is -2.29. The molecule has 1 N–H and O–H groups in total. The maximum absolute atomic E-state index is 13.8. The number of rotatable bonds is 5. The first-order valence-electron chi connectivity index (χ1n) is 4.73. The van der Waals surface area contributed by atoms with Gasteiger partial charge in [0, 0.05) is 13.7 Å². The van der Waals surface area contributed by atoms with Crippen molar-refractivity contribution in [2.24, 2.45) is 0 Å². The fourth-order valence-corrected chi connectivity index (χ4v) is 1.45. The second-order valence-corrected chi connectivity index (χ2v) is 3.48. The Labute approximate surface area is 78.6 Å². The zero-order chi connectivity index (χ0) is 9.57. The van der Waals surface area contributed by atoms with Crippen molar-refractivity contribution in [2.75, 3.05) is 40.0 Å². The van der Waals surface area contributed by atoms with Crippen LogP contribution in [0.3, 0.4) is 0 Å². The topological polar surface area (TPSA) is 30.5 Å². The molecule has 1 atom stereocenters. The van der Waals surface area contributed by atoms with Gasteiger partial charge in [-0.15, -0.1) is 0 Å². The van der Waals surface area contributed by atoms with Gasteiger partial charge in [-0.1, -0.05) is 0 Å². The zero-order valence-electron chi connectivity index (χ0n) is 8.14. The van der Waals surface area contributed by atoms with E-state index in [2.05, 4.69) is 5.32 Å². The van der Waals surface area contributed by atoms with Crippen LogP contribution in [0.5, 0.6) is 0 Å². The number of hydrogen-bond acceptors (Lipinski definition) is 3. The summed E-state index contributed by atoms with van der Waals surface area (Å²) in [7, 11) is 1.61. The first-order chi connectivity index (χ1) is 6.27. The van der Waals surface area contributed by atoms with Crippen molar-refractivity contribution < 1.29 is 13.9 Å². The van der Waals surface area contributed by atoms with Gasteiger partial charge in [0.2, 0.25) is 0 Å². The first kappa shape index (κ1) is 10.9. The van der Waals surface area contributed by atoms with Crippen molar-refractivity contribution in [3.05, 3.63) is 0 Å². The second kappa shape index (κ2) is 5.52. The van der Waals surface area contributed by atoms with Crippen LogP contribution in [0, 0.1) is 0 Å². The molecule has 1 fully saturated rings. The second-order valence-electron chi connectivity index (χ2n) is 3.48. The van der Waals surface area contributed by atoms with E-state index in [1.165, 1.54) is 0 Å². The third kappa shape index (κ3) is 4.02. The Balaban J connectivity index is 2.10. The highest BCUT2D eigenvalue weighted by Crippen LogP contribution is 2.20. The molecule has 1 heterocycles. The molecule has 1 saturated heterocycles. The number of methoxy groups -OCH3 is 1.